The van der Waals surface area contributed by atoms with E-state index in [9.17, 15) is 29.1 Å². The Balaban J connectivity index is 2.76. The summed E-state index contributed by atoms with van der Waals surface area (Å²) in [5, 5.41) is 14.0. The molecule has 0 saturated heterocycles. The van der Waals surface area contributed by atoms with Crippen LogP contribution in [0.4, 0.5) is 4.79 Å². The Morgan fingerprint density at radius 1 is 0.818 bits per heavy atom. The molecule has 0 saturated carbocycles. The maximum absolute atomic E-state index is 12.7. The number of carbonyl (C=O) groups excluding carboxylic acids is 4. The second kappa shape index (κ2) is 15.2. The number of rotatable bonds is 14. The molecule has 0 fully saturated rings. The van der Waals surface area contributed by atoms with Crippen LogP contribution in [0.2, 0.25) is 0 Å². The van der Waals surface area contributed by atoms with Gasteiger partial charge in [-0.3, -0.25) is 14.4 Å². The first-order valence-electron chi connectivity index (χ1n) is 10.6. The third-order valence-electron chi connectivity index (χ3n) is 4.32. The van der Waals surface area contributed by atoms with Crippen LogP contribution in [0.1, 0.15) is 45.1 Å². The highest BCUT2D eigenvalue weighted by molar-refractivity contribution is 5.89. The number of hydrogen-bond acceptors (Lipinski definition) is 8. The number of carboxylic acid groups (broad SMARTS) is 1. The van der Waals surface area contributed by atoms with Crippen LogP contribution in [0.25, 0.3) is 0 Å². The zero-order chi connectivity index (χ0) is 24.6. The van der Waals surface area contributed by atoms with Crippen LogP contribution in [0.15, 0.2) is 30.3 Å². The van der Waals surface area contributed by atoms with Crippen molar-refractivity contribution < 1.29 is 43.3 Å². The van der Waals surface area contributed by atoms with Crippen LogP contribution in [0.3, 0.4) is 0 Å². The van der Waals surface area contributed by atoms with Gasteiger partial charge < -0.3 is 30.0 Å². The van der Waals surface area contributed by atoms with Gasteiger partial charge in [-0.15, -0.1) is 0 Å². The zero-order valence-electron chi connectivity index (χ0n) is 18.7. The van der Waals surface area contributed by atoms with Gasteiger partial charge in [-0.05, 0) is 32.3 Å². The summed E-state index contributed by atoms with van der Waals surface area (Å²) in [6.45, 7) is 3.49. The van der Waals surface area contributed by atoms with Gasteiger partial charge in [0, 0.05) is 12.8 Å². The molecule has 1 aromatic carbocycles. The van der Waals surface area contributed by atoms with Crippen LogP contribution in [0.5, 0.6) is 0 Å². The summed E-state index contributed by atoms with van der Waals surface area (Å²) < 4.78 is 14.7. The summed E-state index contributed by atoms with van der Waals surface area (Å²) in [6, 6.07) is 6.19. The Morgan fingerprint density at radius 3 is 1.88 bits per heavy atom. The quantitative estimate of drug-likeness (QED) is 0.273. The van der Waals surface area contributed by atoms with E-state index in [1.807, 2.05) is 0 Å². The molecule has 1 rings (SSSR count). The Bertz CT molecular complexity index is 798. The Morgan fingerprint density at radius 2 is 1.36 bits per heavy atom. The number of alkyl carbamates (subject to hydrolysis) is 1. The summed E-state index contributed by atoms with van der Waals surface area (Å²) in [4.78, 5) is 59.6. The standard InChI is InChI=1S/C22H30N2O9/c1-3-31-18(25)12-10-16(24-22(30)33-14-15-8-6-5-7-9-15)20(27)23-17(21(28)29)11-13-19(26)32-4-2/h5-9,16-17H,3-4,10-14H2,1-2H3,(H,23,27)(H,24,30)(H,28,29)/t16-,17-/m0/s1. The maximum Gasteiger partial charge on any atom is 0.408 e. The monoisotopic (exact) mass is 466 g/mol. The minimum atomic E-state index is -1.39. The normalized spacial score (nSPS) is 12.1. The molecule has 0 heterocycles. The fraction of sp³-hybridized carbons (Fsp3) is 0.500. The number of amides is 2. The fourth-order valence-electron chi connectivity index (χ4n) is 2.70. The molecule has 0 aliphatic rings. The summed E-state index contributed by atoms with van der Waals surface area (Å²) in [6.07, 6.45) is -1.67. The van der Waals surface area contributed by atoms with Crippen molar-refractivity contribution in [1.29, 1.82) is 0 Å². The van der Waals surface area contributed by atoms with E-state index >= 15 is 0 Å². The van der Waals surface area contributed by atoms with Crippen molar-refractivity contribution in [2.45, 2.75) is 58.2 Å². The highest BCUT2D eigenvalue weighted by Crippen LogP contribution is 2.06. The smallest absolute Gasteiger partial charge is 0.408 e. The molecule has 0 aliphatic heterocycles. The van der Waals surface area contributed by atoms with E-state index in [2.05, 4.69) is 10.6 Å². The van der Waals surface area contributed by atoms with Crippen molar-refractivity contribution in [2.75, 3.05) is 13.2 Å². The largest absolute Gasteiger partial charge is 0.480 e. The van der Waals surface area contributed by atoms with Gasteiger partial charge in [0.2, 0.25) is 5.91 Å². The molecule has 1 aromatic rings. The van der Waals surface area contributed by atoms with Crippen LogP contribution < -0.4 is 10.6 Å². The van der Waals surface area contributed by atoms with Gasteiger partial charge in [-0.1, -0.05) is 30.3 Å². The third kappa shape index (κ3) is 11.5. The third-order valence-corrected chi connectivity index (χ3v) is 4.32. The van der Waals surface area contributed by atoms with Gasteiger partial charge in [-0.25, -0.2) is 9.59 Å². The SMILES string of the molecule is CCOC(=O)CC[C@H](NC(=O)[C@H](CCC(=O)OCC)NC(=O)OCc1ccccc1)C(=O)O. The van der Waals surface area contributed by atoms with E-state index in [1.54, 1.807) is 44.2 Å². The second-order valence-corrected chi connectivity index (χ2v) is 6.85. The number of nitrogens with one attached hydrogen (secondary N) is 2. The van der Waals surface area contributed by atoms with Crippen molar-refractivity contribution in [1.82, 2.24) is 10.6 Å². The van der Waals surface area contributed by atoms with Gasteiger partial charge in [0.1, 0.15) is 18.7 Å². The van der Waals surface area contributed by atoms with Gasteiger partial charge in [0.05, 0.1) is 13.2 Å². The number of aliphatic carboxylic acids is 1. The van der Waals surface area contributed by atoms with Gasteiger partial charge in [0.25, 0.3) is 0 Å². The molecule has 11 nitrogen and oxygen atoms in total. The maximum atomic E-state index is 12.7. The van der Waals surface area contributed by atoms with Crippen molar-refractivity contribution in [2.24, 2.45) is 0 Å². The Kier molecular flexibility index (Phi) is 12.6. The fourth-order valence-corrected chi connectivity index (χ4v) is 2.70. The molecule has 0 spiro atoms. The van der Waals surface area contributed by atoms with Crippen molar-refractivity contribution in [3.05, 3.63) is 35.9 Å². The Hall–Kier alpha value is -3.63. The molecule has 0 radical (unpaired) electrons. The van der Waals surface area contributed by atoms with E-state index in [1.165, 1.54) is 0 Å². The lowest BCUT2D eigenvalue weighted by atomic mass is 10.1. The number of ether oxygens (including phenoxy) is 3. The van der Waals surface area contributed by atoms with Gasteiger partial charge in [0.15, 0.2) is 0 Å². The summed E-state index contributed by atoms with van der Waals surface area (Å²) in [7, 11) is 0. The van der Waals surface area contributed by atoms with E-state index in [0.29, 0.717) is 0 Å². The minimum Gasteiger partial charge on any atom is -0.480 e. The Labute approximate surface area is 191 Å². The van der Waals surface area contributed by atoms with Crippen molar-refractivity contribution in [3.63, 3.8) is 0 Å². The predicted molar refractivity (Wildman–Crippen MR) is 115 cm³/mol. The van der Waals surface area contributed by atoms with Crippen LogP contribution in [-0.2, 0) is 40.0 Å². The topological polar surface area (TPSA) is 157 Å². The molecule has 0 aromatic heterocycles. The highest BCUT2D eigenvalue weighted by Gasteiger charge is 2.28. The predicted octanol–water partition coefficient (Wildman–Crippen LogP) is 1.54. The van der Waals surface area contributed by atoms with Crippen molar-refractivity contribution in [3.8, 4) is 0 Å². The van der Waals surface area contributed by atoms with E-state index in [-0.39, 0.29) is 45.5 Å². The molecule has 0 aliphatic carbocycles. The summed E-state index contributed by atoms with van der Waals surface area (Å²) in [5.74, 6) is -3.37. The van der Waals surface area contributed by atoms with Crippen LogP contribution >= 0.6 is 0 Å². The van der Waals surface area contributed by atoms with Crippen LogP contribution in [0, 0.1) is 0 Å². The first-order chi connectivity index (χ1) is 15.8. The van der Waals surface area contributed by atoms with E-state index < -0.39 is 42.0 Å². The molecule has 0 unspecified atom stereocenters. The molecule has 33 heavy (non-hydrogen) atoms. The molecule has 3 N–H and O–H groups in total. The van der Waals surface area contributed by atoms with Gasteiger partial charge >= 0.3 is 24.0 Å². The number of carboxylic acids is 1. The molecule has 0 bridgehead atoms. The summed E-state index contributed by atoms with van der Waals surface area (Å²) >= 11 is 0. The second-order valence-electron chi connectivity index (χ2n) is 6.85. The molecule has 182 valence electrons. The van der Waals surface area contributed by atoms with E-state index in [4.69, 9.17) is 14.2 Å². The minimum absolute atomic E-state index is 0.0455. The number of esters is 2. The molecular formula is C22H30N2O9. The molecular weight excluding hydrogens is 436 g/mol. The number of benzene rings is 1. The first-order valence-corrected chi connectivity index (χ1v) is 10.6. The average molecular weight is 466 g/mol. The number of hydrogen-bond donors (Lipinski definition) is 3. The van der Waals surface area contributed by atoms with Crippen LogP contribution in [-0.4, -0.2) is 60.3 Å². The van der Waals surface area contributed by atoms with Gasteiger partial charge in [-0.2, -0.15) is 0 Å². The lowest BCUT2D eigenvalue weighted by Gasteiger charge is -2.21. The zero-order valence-corrected chi connectivity index (χ0v) is 18.7. The average Bonchev–Trinajstić information content (AvgIpc) is 2.78. The lowest BCUT2D eigenvalue weighted by molar-refractivity contribution is -0.146. The van der Waals surface area contributed by atoms with E-state index in [0.717, 1.165) is 5.56 Å². The highest BCUT2D eigenvalue weighted by atomic mass is 16.5. The number of carbonyl (C=O) groups is 5. The molecule has 2 atom stereocenters. The molecule has 2 amide bonds. The molecule has 11 heteroatoms. The lowest BCUT2D eigenvalue weighted by Crippen LogP contribution is -2.52. The summed E-state index contributed by atoms with van der Waals surface area (Å²) in [5.41, 5.74) is 0.727. The first kappa shape index (κ1) is 27.4. The van der Waals surface area contributed by atoms with Crippen molar-refractivity contribution >= 4 is 29.9 Å².